The van der Waals surface area contributed by atoms with Gasteiger partial charge in [-0.15, -0.1) is 0 Å². The van der Waals surface area contributed by atoms with Crippen molar-refractivity contribution in [2.45, 2.75) is 39.3 Å². The number of hydrogen-bond donors (Lipinski definition) is 1. The average Bonchev–Trinajstić information content (AvgIpc) is 2.76. The summed E-state index contributed by atoms with van der Waals surface area (Å²) in [4.78, 5) is 9.12. The van der Waals surface area contributed by atoms with E-state index < -0.39 is 0 Å². The molecule has 88 valence electrons. The van der Waals surface area contributed by atoms with Gasteiger partial charge in [-0.05, 0) is 33.7 Å². The second-order valence-electron chi connectivity index (χ2n) is 4.26. The summed E-state index contributed by atoms with van der Waals surface area (Å²) in [5.41, 5.74) is 3.32. The smallest absolute Gasteiger partial charge is 0.157 e. The van der Waals surface area contributed by atoms with Gasteiger partial charge in [-0.2, -0.15) is 0 Å². The predicted octanol–water partition coefficient (Wildman–Crippen LogP) is 1.66. The maximum atomic E-state index is 5.61. The van der Waals surface area contributed by atoms with Crippen LogP contribution in [0.4, 0.5) is 0 Å². The van der Waals surface area contributed by atoms with Gasteiger partial charge in [0.25, 0.3) is 0 Å². The zero-order valence-electron chi connectivity index (χ0n) is 10.2. The molecule has 1 aliphatic rings. The fraction of sp³-hybridized carbons (Fsp3) is 0.667. The summed E-state index contributed by atoms with van der Waals surface area (Å²) in [7, 11) is 1.94. The predicted molar refractivity (Wildman–Crippen MR) is 62.2 cm³/mol. The fourth-order valence-electron chi connectivity index (χ4n) is 2.12. The van der Waals surface area contributed by atoms with Gasteiger partial charge in [-0.1, -0.05) is 0 Å². The summed E-state index contributed by atoms with van der Waals surface area (Å²) in [5, 5.41) is 3.14. The van der Waals surface area contributed by atoms with Crippen LogP contribution >= 0.6 is 0 Å². The number of hydrogen-bond acceptors (Lipinski definition) is 4. The largest absolute Gasteiger partial charge is 0.370 e. The van der Waals surface area contributed by atoms with Gasteiger partial charge in [-0.3, -0.25) is 0 Å². The molecule has 1 atom stereocenters. The summed E-state index contributed by atoms with van der Waals surface area (Å²) in [6.45, 7) is 5.74. The van der Waals surface area contributed by atoms with Crippen molar-refractivity contribution in [3.63, 3.8) is 0 Å². The Hall–Kier alpha value is -1.00. The van der Waals surface area contributed by atoms with Crippen LogP contribution in [0.15, 0.2) is 0 Å². The van der Waals surface area contributed by atoms with E-state index >= 15 is 0 Å². The summed E-state index contributed by atoms with van der Waals surface area (Å²) in [5.74, 6) is 0.854. The van der Waals surface area contributed by atoms with Gasteiger partial charge >= 0.3 is 0 Å². The number of aryl methyl sites for hydroxylation is 2. The Balaban J connectivity index is 2.28. The summed E-state index contributed by atoms with van der Waals surface area (Å²) in [6.07, 6.45) is 2.27. The molecule has 2 rings (SSSR count). The highest BCUT2D eigenvalue weighted by atomic mass is 16.5. The second kappa shape index (κ2) is 4.89. The third-order valence-electron chi connectivity index (χ3n) is 3.01. The molecule has 0 bridgehead atoms. The third kappa shape index (κ3) is 2.23. The van der Waals surface area contributed by atoms with Crippen molar-refractivity contribution in [2.75, 3.05) is 13.7 Å². The summed E-state index contributed by atoms with van der Waals surface area (Å²) >= 11 is 0. The van der Waals surface area contributed by atoms with Gasteiger partial charge < -0.3 is 10.1 Å². The van der Waals surface area contributed by atoms with E-state index in [4.69, 9.17) is 4.74 Å². The lowest BCUT2D eigenvalue weighted by Crippen LogP contribution is -2.14. The first kappa shape index (κ1) is 11.5. The van der Waals surface area contributed by atoms with Crippen LogP contribution in [0, 0.1) is 13.8 Å². The molecule has 1 N–H and O–H groups in total. The van der Waals surface area contributed by atoms with E-state index in [9.17, 15) is 0 Å². The zero-order valence-corrected chi connectivity index (χ0v) is 10.2. The molecule has 1 saturated heterocycles. The van der Waals surface area contributed by atoms with Crippen molar-refractivity contribution in [3.05, 3.63) is 22.8 Å². The van der Waals surface area contributed by atoms with Crippen LogP contribution in [0.2, 0.25) is 0 Å². The minimum Gasteiger partial charge on any atom is -0.370 e. The Morgan fingerprint density at radius 1 is 1.31 bits per heavy atom. The molecule has 4 heteroatoms. The van der Waals surface area contributed by atoms with Crippen molar-refractivity contribution in [1.29, 1.82) is 0 Å². The first-order chi connectivity index (χ1) is 7.72. The third-order valence-corrected chi connectivity index (χ3v) is 3.01. The van der Waals surface area contributed by atoms with E-state index in [1.807, 2.05) is 20.9 Å². The standard InChI is InChI=1S/C12H19N3O/c1-8-10(7-13-3)9(2)15-12(14-8)11-5-4-6-16-11/h11,13H,4-7H2,1-3H3. The van der Waals surface area contributed by atoms with Crippen LogP contribution < -0.4 is 5.32 Å². The number of aromatic nitrogens is 2. The minimum absolute atomic E-state index is 0.112. The quantitative estimate of drug-likeness (QED) is 0.843. The molecule has 0 saturated carbocycles. The topological polar surface area (TPSA) is 47.0 Å². The number of nitrogens with one attached hydrogen (secondary N) is 1. The highest BCUT2D eigenvalue weighted by molar-refractivity contribution is 5.24. The van der Waals surface area contributed by atoms with E-state index in [-0.39, 0.29) is 6.10 Å². The molecule has 1 unspecified atom stereocenters. The van der Waals surface area contributed by atoms with Gasteiger partial charge in [-0.25, -0.2) is 9.97 Å². The first-order valence-corrected chi connectivity index (χ1v) is 5.82. The Kier molecular flexibility index (Phi) is 3.51. The molecule has 1 aromatic rings. The Bertz CT molecular complexity index is 350. The van der Waals surface area contributed by atoms with Gasteiger partial charge in [0, 0.05) is 30.1 Å². The van der Waals surface area contributed by atoms with Crippen LogP contribution in [0.3, 0.4) is 0 Å². The van der Waals surface area contributed by atoms with Crippen LogP contribution in [0.5, 0.6) is 0 Å². The summed E-state index contributed by atoms with van der Waals surface area (Å²) < 4.78 is 5.61. The molecular formula is C12H19N3O. The maximum absolute atomic E-state index is 5.61. The molecule has 4 nitrogen and oxygen atoms in total. The second-order valence-corrected chi connectivity index (χ2v) is 4.26. The lowest BCUT2D eigenvalue weighted by molar-refractivity contribution is 0.104. The van der Waals surface area contributed by atoms with Gasteiger partial charge in [0.05, 0.1) is 0 Å². The van der Waals surface area contributed by atoms with E-state index in [0.29, 0.717) is 0 Å². The number of nitrogens with zero attached hydrogens (tertiary/aromatic N) is 2. The van der Waals surface area contributed by atoms with Crippen LogP contribution in [-0.2, 0) is 11.3 Å². The molecule has 0 aliphatic carbocycles. The Morgan fingerprint density at radius 2 is 2.00 bits per heavy atom. The molecule has 1 aromatic heterocycles. The Morgan fingerprint density at radius 3 is 2.50 bits per heavy atom. The molecule has 16 heavy (non-hydrogen) atoms. The normalized spacial score (nSPS) is 20.3. The fourth-order valence-corrected chi connectivity index (χ4v) is 2.12. The molecule has 1 fully saturated rings. The van der Waals surface area contributed by atoms with Crippen molar-refractivity contribution in [1.82, 2.24) is 15.3 Å². The lowest BCUT2D eigenvalue weighted by Gasteiger charge is -2.13. The zero-order chi connectivity index (χ0) is 11.5. The van der Waals surface area contributed by atoms with E-state index in [1.54, 1.807) is 0 Å². The molecular weight excluding hydrogens is 202 g/mol. The van der Waals surface area contributed by atoms with Crippen molar-refractivity contribution in [3.8, 4) is 0 Å². The van der Waals surface area contributed by atoms with Gasteiger partial charge in [0.2, 0.25) is 0 Å². The molecule has 2 heterocycles. The maximum Gasteiger partial charge on any atom is 0.157 e. The average molecular weight is 221 g/mol. The molecule has 0 spiro atoms. The van der Waals surface area contributed by atoms with Crippen molar-refractivity contribution in [2.24, 2.45) is 0 Å². The minimum atomic E-state index is 0.112. The first-order valence-electron chi connectivity index (χ1n) is 5.82. The van der Waals surface area contributed by atoms with Crippen LogP contribution in [0.25, 0.3) is 0 Å². The summed E-state index contributed by atoms with van der Waals surface area (Å²) in [6, 6.07) is 0. The molecule has 1 aliphatic heterocycles. The van der Waals surface area contributed by atoms with E-state index in [2.05, 4.69) is 15.3 Å². The van der Waals surface area contributed by atoms with Crippen LogP contribution in [-0.4, -0.2) is 23.6 Å². The highest BCUT2D eigenvalue weighted by Crippen LogP contribution is 2.26. The van der Waals surface area contributed by atoms with Crippen molar-refractivity contribution < 1.29 is 4.74 Å². The molecule has 0 radical (unpaired) electrons. The van der Waals surface area contributed by atoms with E-state index in [1.165, 1.54) is 5.56 Å². The lowest BCUT2D eigenvalue weighted by atomic mass is 10.1. The number of ether oxygens (including phenoxy) is 1. The molecule has 0 amide bonds. The highest BCUT2D eigenvalue weighted by Gasteiger charge is 2.21. The van der Waals surface area contributed by atoms with E-state index in [0.717, 1.165) is 43.2 Å². The van der Waals surface area contributed by atoms with Crippen molar-refractivity contribution >= 4 is 0 Å². The Labute approximate surface area is 96.4 Å². The SMILES string of the molecule is CNCc1c(C)nc(C2CCCO2)nc1C. The van der Waals surface area contributed by atoms with Crippen LogP contribution in [0.1, 0.15) is 41.7 Å². The molecule has 0 aromatic carbocycles. The van der Waals surface area contributed by atoms with Gasteiger partial charge in [0.15, 0.2) is 5.82 Å². The number of rotatable bonds is 3. The monoisotopic (exact) mass is 221 g/mol. The van der Waals surface area contributed by atoms with Gasteiger partial charge in [0.1, 0.15) is 6.10 Å².